The van der Waals surface area contributed by atoms with Gasteiger partial charge in [-0.05, 0) is 24.3 Å². The zero-order chi connectivity index (χ0) is 16.5. The Morgan fingerprint density at radius 1 is 1.09 bits per heavy atom. The quantitative estimate of drug-likeness (QED) is 0.719. The van der Waals surface area contributed by atoms with Crippen LogP contribution < -0.4 is 10.6 Å². The highest BCUT2D eigenvalue weighted by Gasteiger charge is 2.18. The summed E-state index contributed by atoms with van der Waals surface area (Å²) in [5.74, 6) is 0.110. The molecular weight excluding hydrogens is 292 g/mol. The molecule has 1 aliphatic carbocycles. The minimum atomic E-state index is -0.445. The standard InChI is InChI=1S/C18H26N2O3/c21-13-16(15-9-5-2-6-10-15)20-18(23)12-19-17(22)11-14-7-3-1-4-8-14/h2,5-6,9-10,14,16,21H,1,3-4,7-8,11-13H2,(H,19,22)(H,20,23). The molecule has 0 radical (unpaired) electrons. The molecule has 1 aliphatic rings. The number of amides is 2. The van der Waals surface area contributed by atoms with Gasteiger partial charge < -0.3 is 15.7 Å². The Balaban J connectivity index is 1.72. The number of nitrogens with one attached hydrogen (secondary N) is 2. The molecule has 0 saturated heterocycles. The third kappa shape index (κ3) is 6.02. The van der Waals surface area contributed by atoms with Gasteiger partial charge in [-0.3, -0.25) is 9.59 Å². The Morgan fingerprint density at radius 2 is 1.78 bits per heavy atom. The number of rotatable bonds is 7. The van der Waals surface area contributed by atoms with E-state index in [2.05, 4.69) is 10.6 Å². The third-order valence-electron chi connectivity index (χ3n) is 4.36. The van der Waals surface area contributed by atoms with Gasteiger partial charge in [0.25, 0.3) is 0 Å². The van der Waals surface area contributed by atoms with Crippen LogP contribution in [0.4, 0.5) is 0 Å². The van der Waals surface area contributed by atoms with Crippen LogP contribution in [0.15, 0.2) is 30.3 Å². The summed E-state index contributed by atoms with van der Waals surface area (Å²) >= 11 is 0. The Hall–Kier alpha value is -1.88. The largest absolute Gasteiger partial charge is 0.394 e. The number of carbonyl (C=O) groups is 2. The predicted octanol–water partition coefficient (Wildman–Crippen LogP) is 1.92. The Morgan fingerprint density at radius 3 is 2.43 bits per heavy atom. The van der Waals surface area contributed by atoms with E-state index in [1.807, 2.05) is 30.3 Å². The SMILES string of the molecule is O=C(CC1CCCCC1)NCC(=O)NC(CO)c1ccccc1. The van der Waals surface area contributed by atoms with Gasteiger partial charge in [0, 0.05) is 6.42 Å². The van der Waals surface area contributed by atoms with Gasteiger partial charge in [0.15, 0.2) is 0 Å². The molecule has 0 aromatic heterocycles. The second-order valence-electron chi connectivity index (χ2n) is 6.20. The molecule has 5 heteroatoms. The van der Waals surface area contributed by atoms with Crippen LogP contribution in [0.2, 0.25) is 0 Å². The van der Waals surface area contributed by atoms with E-state index in [4.69, 9.17) is 0 Å². The second kappa shape index (κ2) is 9.30. The van der Waals surface area contributed by atoms with Crippen molar-refractivity contribution in [2.24, 2.45) is 5.92 Å². The van der Waals surface area contributed by atoms with Gasteiger partial charge in [-0.15, -0.1) is 0 Å². The van der Waals surface area contributed by atoms with E-state index in [9.17, 15) is 14.7 Å². The van der Waals surface area contributed by atoms with Crippen molar-refractivity contribution in [1.29, 1.82) is 0 Å². The summed E-state index contributed by atoms with van der Waals surface area (Å²) < 4.78 is 0. The molecule has 0 aliphatic heterocycles. The number of hydrogen-bond donors (Lipinski definition) is 3. The normalized spacial score (nSPS) is 16.6. The molecule has 1 aromatic carbocycles. The first-order chi connectivity index (χ1) is 11.2. The number of aliphatic hydroxyl groups excluding tert-OH is 1. The van der Waals surface area contributed by atoms with Crippen LogP contribution in [-0.4, -0.2) is 30.1 Å². The van der Waals surface area contributed by atoms with E-state index < -0.39 is 6.04 Å². The zero-order valence-electron chi connectivity index (χ0n) is 13.5. The maximum absolute atomic E-state index is 11.9. The first kappa shape index (κ1) is 17.5. The van der Waals surface area contributed by atoms with Gasteiger partial charge in [0.05, 0.1) is 19.2 Å². The summed E-state index contributed by atoms with van der Waals surface area (Å²) in [4.78, 5) is 23.8. The first-order valence-corrected chi connectivity index (χ1v) is 8.41. The lowest BCUT2D eigenvalue weighted by molar-refractivity contribution is -0.127. The van der Waals surface area contributed by atoms with Crippen LogP contribution in [0.1, 0.15) is 50.1 Å². The molecule has 5 nitrogen and oxygen atoms in total. The summed E-state index contributed by atoms with van der Waals surface area (Å²) in [6.45, 7) is -0.222. The molecule has 0 bridgehead atoms. The molecule has 23 heavy (non-hydrogen) atoms. The number of aliphatic hydroxyl groups is 1. The lowest BCUT2D eigenvalue weighted by atomic mass is 9.87. The van der Waals surface area contributed by atoms with Crippen LogP contribution in [-0.2, 0) is 9.59 Å². The van der Waals surface area contributed by atoms with E-state index >= 15 is 0 Å². The van der Waals surface area contributed by atoms with Crippen LogP contribution >= 0.6 is 0 Å². The molecule has 3 N–H and O–H groups in total. The summed E-state index contributed by atoms with van der Waals surface area (Å²) in [7, 11) is 0. The minimum Gasteiger partial charge on any atom is -0.394 e. The summed E-state index contributed by atoms with van der Waals surface area (Å²) in [6.07, 6.45) is 6.40. The number of carbonyl (C=O) groups excluding carboxylic acids is 2. The number of benzene rings is 1. The Kier molecular flexibility index (Phi) is 7.07. The van der Waals surface area contributed by atoms with Crippen molar-refractivity contribution >= 4 is 11.8 Å². The lowest BCUT2D eigenvalue weighted by Gasteiger charge is -2.21. The predicted molar refractivity (Wildman–Crippen MR) is 88.6 cm³/mol. The van der Waals surface area contributed by atoms with E-state index in [1.165, 1.54) is 19.3 Å². The van der Waals surface area contributed by atoms with Crippen LogP contribution in [0, 0.1) is 5.92 Å². The maximum Gasteiger partial charge on any atom is 0.239 e. The molecular formula is C18H26N2O3. The van der Waals surface area contributed by atoms with E-state index in [-0.39, 0.29) is 25.0 Å². The highest BCUT2D eigenvalue weighted by molar-refractivity contribution is 5.85. The molecule has 0 heterocycles. The monoisotopic (exact) mass is 318 g/mol. The molecule has 1 atom stereocenters. The van der Waals surface area contributed by atoms with E-state index in [0.717, 1.165) is 18.4 Å². The third-order valence-corrected chi connectivity index (χ3v) is 4.36. The second-order valence-corrected chi connectivity index (χ2v) is 6.20. The van der Waals surface area contributed by atoms with Crippen molar-refractivity contribution in [3.63, 3.8) is 0 Å². The molecule has 0 spiro atoms. The van der Waals surface area contributed by atoms with Crippen molar-refractivity contribution in [2.75, 3.05) is 13.2 Å². The van der Waals surface area contributed by atoms with Crippen molar-refractivity contribution in [1.82, 2.24) is 10.6 Å². The van der Waals surface area contributed by atoms with Crippen molar-refractivity contribution in [3.05, 3.63) is 35.9 Å². The van der Waals surface area contributed by atoms with Crippen LogP contribution in [0.5, 0.6) is 0 Å². The van der Waals surface area contributed by atoms with Gasteiger partial charge in [-0.2, -0.15) is 0 Å². The summed E-state index contributed by atoms with van der Waals surface area (Å²) in [5, 5.41) is 14.8. The molecule has 1 aromatic rings. The fourth-order valence-electron chi connectivity index (χ4n) is 3.07. The fraction of sp³-hybridized carbons (Fsp3) is 0.556. The average Bonchev–Trinajstić information content (AvgIpc) is 2.59. The zero-order valence-corrected chi connectivity index (χ0v) is 13.5. The molecule has 126 valence electrons. The Bertz CT molecular complexity index is 498. The fourth-order valence-corrected chi connectivity index (χ4v) is 3.07. The van der Waals surface area contributed by atoms with Gasteiger partial charge in [0.1, 0.15) is 0 Å². The minimum absolute atomic E-state index is 0.0467. The van der Waals surface area contributed by atoms with Crippen LogP contribution in [0.25, 0.3) is 0 Å². The van der Waals surface area contributed by atoms with Crippen molar-refractivity contribution in [3.8, 4) is 0 Å². The first-order valence-electron chi connectivity index (χ1n) is 8.41. The van der Waals surface area contributed by atoms with Crippen molar-refractivity contribution in [2.45, 2.75) is 44.6 Å². The lowest BCUT2D eigenvalue weighted by Crippen LogP contribution is -2.40. The molecule has 1 saturated carbocycles. The number of hydrogen-bond acceptors (Lipinski definition) is 3. The van der Waals surface area contributed by atoms with E-state index in [0.29, 0.717) is 12.3 Å². The average molecular weight is 318 g/mol. The molecule has 2 rings (SSSR count). The Labute approximate surface area is 137 Å². The van der Waals surface area contributed by atoms with Gasteiger partial charge in [0.2, 0.25) is 11.8 Å². The van der Waals surface area contributed by atoms with E-state index in [1.54, 1.807) is 0 Å². The summed E-state index contributed by atoms with van der Waals surface area (Å²) in [6, 6.07) is 8.85. The summed E-state index contributed by atoms with van der Waals surface area (Å²) in [5.41, 5.74) is 0.844. The molecule has 1 unspecified atom stereocenters. The topological polar surface area (TPSA) is 78.4 Å². The van der Waals surface area contributed by atoms with Crippen molar-refractivity contribution < 1.29 is 14.7 Å². The van der Waals surface area contributed by atoms with Crippen LogP contribution in [0.3, 0.4) is 0 Å². The highest BCUT2D eigenvalue weighted by Crippen LogP contribution is 2.25. The highest BCUT2D eigenvalue weighted by atomic mass is 16.3. The van der Waals surface area contributed by atoms with Gasteiger partial charge in [-0.25, -0.2) is 0 Å². The maximum atomic E-state index is 11.9. The molecule has 2 amide bonds. The molecule has 1 fully saturated rings. The van der Waals surface area contributed by atoms with Gasteiger partial charge >= 0.3 is 0 Å². The smallest absolute Gasteiger partial charge is 0.239 e. The van der Waals surface area contributed by atoms with Gasteiger partial charge in [-0.1, -0.05) is 49.6 Å².